The van der Waals surface area contributed by atoms with E-state index in [1.54, 1.807) is 24.3 Å². The van der Waals surface area contributed by atoms with Gasteiger partial charge in [0.05, 0.1) is 10.7 Å². The minimum Gasteiger partial charge on any atom is -0.480 e. The molecular formula is C12H15ClN2O3. The van der Waals surface area contributed by atoms with Gasteiger partial charge in [-0.15, -0.1) is 0 Å². The number of benzene rings is 1. The molecule has 0 saturated heterocycles. The van der Waals surface area contributed by atoms with E-state index in [9.17, 15) is 9.59 Å². The van der Waals surface area contributed by atoms with E-state index in [0.717, 1.165) is 0 Å². The molecule has 0 spiro atoms. The maximum absolute atomic E-state index is 11.6. The number of amides is 2. The lowest BCUT2D eigenvalue weighted by Crippen LogP contribution is -2.42. The molecule has 2 amide bonds. The first kappa shape index (κ1) is 14.3. The van der Waals surface area contributed by atoms with Crippen molar-refractivity contribution in [3.63, 3.8) is 0 Å². The molecule has 1 rings (SSSR count). The molecule has 98 valence electrons. The molecule has 0 fully saturated rings. The van der Waals surface area contributed by atoms with Crippen molar-refractivity contribution >= 4 is 29.3 Å². The second kappa shape index (κ2) is 6.86. The fourth-order valence-electron chi connectivity index (χ4n) is 1.43. The summed E-state index contributed by atoms with van der Waals surface area (Å²) in [5, 5.41) is 14.2. The van der Waals surface area contributed by atoms with Crippen molar-refractivity contribution in [1.82, 2.24) is 5.32 Å². The van der Waals surface area contributed by atoms with E-state index in [4.69, 9.17) is 16.7 Å². The summed E-state index contributed by atoms with van der Waals surface area (Å²) in [6.07, 6.45) is 1.05. The summed E-state index contributed by atoms with van der Waals surface area (Å²) in [5.74, 6) is -1.05. The lowest BCUT2D eigenvalue weighted by molar-refractivity contribution is -0.139. The average Bonchev–Trinajstić information content (AvgIpc) is 2.31. The molecule has 1 aromatic carbocycles. The number of anilines is 1. The Labute approximate surface area is 110 Å². The molecule has 0 bridgehead atoms. The zero-order valence-corrected chi connectivity index (χ0v) is 10.7. The van der Waals surface area contributed by atoms with Gasteiger partial charge in [-0.05, 0) is 18.6 Å². The first-order valence-corrected chi connectivity index (χ1v) is 5.97. The van der Waals surface area contributed by atoms with Crippen LogP contribution in [0.4, 0.5) is 10.5 Å². The highest BCUT2D eigenvalue weighted by Crippen LogP contribution is 2.20. The Kier molecular flexibility index (Phi) is 5.45. The minimum atomic E-state index is -1.05. The van der Waals surface area contributed by atoms with Crippen LogP contribution in [0.15, 0.2) is 24.3 Å². The normalized spacial score (nSPS) is 11.7. The number of hydrogen-bond acceptors (Lipinski definition) is 2. The van der Waals surface area contributed by atoms with Gasteiger partial charge in [-0.1, -0.05) is 37.1 Å². The highest BCUT2D eigenvalue weighted by molar-refractivity contribution is 6.33. The van der Waals surface area contributed by atoms with Gasteiger partial charge >= 0.3 is 12.0 Å². The van der Waals surface area contributed by atoms with Gasteiger partial charge in [0.2, 0.25) is 0 Å². The predicted octanol–water partition coefficient (Wildman–Crippen LogP) is 2.71. The van der Waals surface area contributed by atoms with Crippen molar-refractivity contribution in [2.75, 3.05) is 5.32 Å². The molecule has 0 heterocycles. The molecule has 6 heteroatoms. The summed E-state index contributed by atoms with van der Waals surface area (Å²) in [6.45, 7) is 1.85. The molecule has 1 atom stereocenters. The Hall–Kier alpha value is -1.75. The third-order valence-corrected chi connectivity index (χ3v) is 2.63. The third kappa shape index (κ3) is 4.25. The van der Waals surface area contributed by atoms with E-state index in [-0.39, 0.29) is 0 Å². The monoisotopic (exact) mass is 270 g/mol. The average molecular weight is 271 g/mol. The van der Waals surface area contributed by atoms with Crippen molar-refractivity contribution in [3.05, 3.63) is 29.3 Å². The SMILES string of the molecule is CCC[C@H](NC(=O)Nc1ccccc1Cl)C(=O)O. The second-order valence-electron chi connectivity index (χ2n) is 3.76. The van der Waals surface area contributed by atoms with Crippen molar-refractivity contribution in [2.45, 2.75) is 25.8 Å². The molecule has 0 aliphatic carbocycles. The van der Waals surface area contributed by atoms with Crippen LogP contribution < -0.4 is 10.6 Å². The smallest absolute Gasteiger partial charge is 0.326 e. The number of hydrogen-bond donors (Lipinski definition) is 3. The Morgan fingerprint density at radius 2 is 2.06 bits per heavy atom. The number of carboxylic acid groups (broad SMARTS) is 1. The molecule has 1 aromatic rings. The topological polar surface area (TPSA) is 78.4 Å². The van der Waals surface area contributed by atoms with E-state index in [1.165, 1.54) is 0 Å². The van der Waals surface area contributed by atoms with E-state index in [0.29, 0.717) is 23.6 Å². The first-order valence-electron chi connectivity index (χ1n) is 5.59. The minimum absolute atomic E-state index is 0.380. The highest BCUT2D eigenvalue weighted by atomic mass is 35.5. The van der Waals surface area contributed by atoms with Crippen LogP contribution in [0.25, 0.3) is 0 Å². The van der Waals surface area contributed by atoms with E-state index in [2.05, 4.69) is 10.6 Å². The van der Waals surface area contributed by atoms with Crippen LogP contribution in [0.2, 0.25) is 5.02 Å². The van der Waals surface area contributed by atoms with Crippen molar-refractivity contribution < 1.29 is 14.7 Å². The summed E-state index contributed by atoms with van der Waals surface area (Å²) in [4.78, 5) is 22.5. The number of urea groups is 1. The summed E-state index contributed by atoms with van der Waals surface area (Å²) < 4.78 is 0. The molecule has 0 saturated carbocycles. The largest absolute Gasteiger partial charge is 0.480 e. The van der Waals surface area contributed by atoms with Crippen LogP contribution in [0.5, 0.6) is 0 Å². The lowest BCUT2D eigenvalue weighted by Gasteiger charge is -2.14. The number of aliphatic carboxylic acids is 1. The second-order valence-corrected chi connectivity index (χ2v) is 4.17. The van der Waals surface area contributed by atoms with E-state index < -0.39 is 18.0 Å². The van der Waals surface area contributed by atoms with Crippen molar-refractivity contribution in [3.8, 4) is 0 Å². The molecule has 0 aliphatic heterocycles. The van der Waals surface area contributed by atoms with Gasteiger partial charge < -0.3 is 15.7 Å². The summed E-state index contributed by atoms with van der Waals surface area (Å²) in [5.41, 5.74) is 0.442. The first-order chi connectivity index (χ1) is 8.54. The van der Waals surface area contributed by atoms with Gasteiger partial charge in [-0.25, -0.2) is 9.59 Å². The molecule has 3 N–H and O–H groups in total. The fraction of sp³-hybridized carbons (Fsp3) is 0.333. The van der Waals surface area contributed by atoms with Crippen LogP contribution >= 0.6 is 11.6 Å². The number of nitrogens with one attached hydrogen (secondary N) is 2. The van der Waals surface area contributed by atoms with Gasteiger partial charge in [0.1, 0.15) is 6.04 Å². The molecule has 0 unspecified atom stereocenters. The lowest BCUT2D eigenvalue weighted by atomic mass is 10.2. The van der Waals surface area contributed by atoms with Crippen LogP contribution in [0.3, 0.4) is 0 Å². The molecule has 18 heavy (non-hydrogen) atoms. The number of rotatable bonds is 5. The Morgan fingerprint density at radius 3 is 2.61 bits per heavy atom. The number of carbonyl (C=O) groups excluding carboxylic acids is 1. The zero-order valence-electron chi connectivity index (χ0n) is 9.94. The van der Waals surface area contributed by atoms with Crippen molar-refractivity contribution in [2.24, 2.45) is 0 Å². The molecule has 5 nitrogen and oxygen atoms in total. The van der Waals surface area contributed by atoms with Crippen LogP contribution in [-0.4, -0.2) is 23.1 Å². The molecule has 0 aliphatic rings. The molecule has 0 radical (unpaired) electrons. The zero-order chi connectivity index (χ0) is 13.5. The van der Waals surface area contributed by atoms with Gasteiger partial charge in [0.25, 0.3) is 0 Å². The number of carbonyl (C=O) groups is 2. The van der Waals surface area contributed by atoms with Gasteiger partial charge in [0.15, 0.2) is 0 Å². The predicted molar refractivity (Wildman–Crippen MR) is 69.9 cm³/mol. The number of halogens is 1. The van der Waals surface area contributed by atoms with Gasteiger partial charge in [-0.3, -0.25) is 0 Å². The molecule has 0 aromatic heterocycles. The standard InChI is InChI=1S/C12H15ClN2O3/c1-2-5-10(11(16)17)15-12(18)14-9-7-4-3-6-8(9)13/h3-4,6-7,10H,2,5H2,1H3,(H,16,17)(H2,14,15,18)/t10-/m0/s1. The molecular weight excluding hydrogens is 256 g/mol. The van der Waals surface area contributed by atoms with Gasteiger partial charge in [-0.2, -0.15) is 0 Å². The maximum atomic E-state index is 11.6. The Balaban J connectivity index is 2.61. The maximum Gasteiger partial charge on any atom is 0.326 e. The van der Waals surface area contributed by atoms with E-state index in [1.807, 2.05) is 6.92 Å². The summed E-state index contributed by atoms with van der Waals surface area (Å²) >= 11 is 5.87. The van der Waals surface area contributed by atoms with Crippen LogP contribution in [0.1, 0.15) is 19.8 Å². The quantitative estimate of drug-likeness (QED) is 0.770. The van der Waals surface area contributed by atoms with Gasteiger partial charge in [0, 0.05) is 0 Å². The summed E-state index contributed by atoms with van der Waals surface area (Å²) in [6, 6.07) is 5.27. The van der Waals surface area contributed by atoms with Crippen LogP contribution in [0, 0.1) is 0 Å². The Bertz CT molecular complexity index is 437. The fourth-order valence-corrected chi connectivity index (χ4v) is 1.61. The van der Waals surface area contributed by atoms with Crippen molar-refractivity contribution in [1.29, 1.82) is 0 Å². The third-order valence-electron chi connectivity index (χ3n) is 2.30. The van der Waals surface area contributed by atoms with Crippen LogP contribution in [-0.2, 0) is 4.79 Å². The summed E-state index contributed by atoms with van der Waals surface area (Å²) in [7, 11) is 0. The Morgan fingerprint density at radius 1 is 1.39 bits per heavy atom. The highest BCUT2D eigenvalue weighted by Gasteiger charge is 2.18. The van der Waals surface area contributed by atoms with E-state index >= 15 is 0 Å². The number of carboxylic acids is 1. The number of para-hydroxylation sites is 1.